The Morgan fingerprint density at radius 1 is 1.47 bits per heavy atom. The molecule has 0 aromatic carbocycles. The molecule has 1 saturated heterocycles. The summed E-state index contributed by atoms with van der Waals surface area (Å²) in [5.74, 6) is 0.198. The molecule has 1 aliphatic heterocycles. The first-order valence-electron chi connectivity index (χ1n) is 4.53. The fraction of sp³-hybridized carbons (Fsp3) is 0.300. The van der Waals surface area contributed by atoms with Gasteiger partial charge in [0.1, 0.15) is 0 Å². The number of hydrogen-bond acceptors (Lipinski definition) is 4. The van der Waals surface area contributed by atoms with E-state index in [0.29, 0.717) is 11.6 Å². The van der Waals surface area contributed by atoms with Crippen molar-refractivity contribution in [2.24, 2.45) is 0 Å². The number of carbonyl (C=O) groups excluding carboxylic acids is 2. The molecule has 1 aromatic rings. The van der Waals surface area contributed by atoms with Crippen LogP contribution < -0.4 is 9.64 Å². The van der Waals surface area contributed by atoms with Crippen molar-refractivity contribution in [1.82, 2.24) is 4.98 Å². The zero-order chi connectivity index (χ0) is 10.8. The smallest absolute Gasteiger partial charge is 0.234 e. The summed E-state index contributed by atoms with van der Waals surface area (Å²) in [5.41, 5.74) is 0.651. The number of hydrogen-bond donors (Lipinski definition) is 0. The Bertz CT molecular complexity index is 417. The first-order valence-corrected chi connectivity index (χ1v) is 4.53. The third-order valence-corrected chi connectivity index (χ3v) is 2.22. The number of carbonyl (C=O) groups is 2. The van der Waals surface area contributed by atoms with Crippen molar-refractivity contribution in [2.75, 3.05) is 18.6 Å². The van der Waals surface area contributed by atoms with Crippen LogP contribution in [0.3, 0.4) is 0 Å². The predicted octanol–water partition coefficient (Wildman–Crippen LogP) is 0.396. The van der Waals surface area contributed by atoms with Gasteiger partial charge < -0.3 is 9.64 Å². The van der Waals surface area contributed by atoms with E-state index in [9.17, 15) is 9.59 Å². The van der Waals surface area contributed by atoms with Gasteiger partial charge in [-0.15, -0.1) is 0 Å². The van der Waals surface area contributed by atoms with Crippen LogP contribution in [0.4, 0.5) is 5.69 Å². The number of amides is 1. The van der Waals surface area contributed by atoms with Crippen LogP contribution in [0.25, 0.3) is 0 Å². The maximum absolute atomic E-state index is 11.4. The average Bonchev–Trinajstić information content (AvgIpc) is 2.58. The molecule has 1 aromatic heterocycles. The van der Waals surface area contributed by atoms with E-state index in [2.05, 4.69) is 4.98 Å². The lowest BCUT2D eigenvalue weighted by Crippen LogP contribution is -2.24. The number of methoxy groups -OCH3 is 1. The highest BCUT2D eigenvalue weighted by molar-refractivity contribution is 6.15. The lowest BCUT2D eigenvalue weighted by molar-refractivity contribution is -0.121. The second kappa shape index (κ2) is 3.68. The van der Waals surface area contributed by atoms with Crippen molar-refractivity contribution in [1.29, 1.82) is 0 Å². The van der Waals surface area contributed by atoms with Crippen LogP contribution in [-0.4, -0.2) is 30.3 Å². The summed E-state index contributed by atoms with van der Waals surface area (Å²) < 4.78 is 4.94. The normalized spacial score (nSPS) is 15.9. The van der Waals surface area contributed by atoms with Gasteiger partial charge in [-0.1, -0.05) is 0 Å². The van der Waals surface area contributed by atoms with Gasteiger partial charge in [0.2, 0.25) is 11.8 Å². The van der Waals surface area contributed by atoms with E-state index >= 15 is 0 Å². The van der Waals surface area contributed by atoms with Gasteiger partial charge in [0.05, 0.1) is 25.8 Å². The summed E-state index contributed by atoms with van der Waals surface area (Å²) in [6, 6.07) is 3.32. The SMILES string of the molecule is COc1cc(N2CC(=O)CC2=O)ccn1. The van der Waals surface area contributed by atoms with Gasteiger partial charge in [-0.2, -0.15) is 0 Å². The minimum atomic E-state index is -0.173. The molecule has 0 atom stereocenters. The van der Waals surface area contributed by atoms with Crippen LogP contribution in [0.5, 0.6) is 5.88 Å². The topological polar surface area (TPSA) is 59.5 Å². The molecule has 0 unspecified atom stereocenters. The molecule has 0 bridgehead atoms. The molecule has 2 heterocycles. The number of Topliss-reactive ketones (excluding diaryl/α,β-unsaturated/α-hetero) is 1. The molecule has 0 aliphatic carbocycles. The van der Waals surface area contributed by atoms with Gasteiger partial charge in [-0.25, -0.2) is 4.98 Å². The van der Waals surface area contributed by atoms with Crippen LogP contribution in [0.2, 0.25) is 0 Å². The van der Waals surface area contributed by atoms with E-state index in [0.717, 1.165) is 0 Å². The Hall–Kier alpha value is -1.91. The number of ketones is 1. The zero-order valence-electron chi connectivity index (χ0n) is 8.27. The Labute approximate surface area is 86.7 Å². The lowest BCUT2D eigenvalue weighted by Gasteiger charge is -2.14. The van der Waals surface area contributed by atoms with Crippen molar-refractivity contribution >= 4 is 17.4 Å². The first-order chi connectivity index (χ1) is 7.20. The average molecular weight is 206 g/mol. The van der Waals surface area contributed by atoms with Crippen LogP contribution >= 0.6 is 0 Å². The summed E-state index contributed by atoms with van der Waals surface area (Å²) in [4.78, 5) is 27.9. The number of rotatable bonds is 2. The minimum Gasteiger partial charge on any atom is -0.481 e. The van der Waals surface area contributed by atoms with Gasteiger partial charge in [0.15, 0.2) is 5.78 Å². The number of ether oxygens (including phenoxy) is 1. The Balaban J connectivity index is 2.29. The third-order valence-electron chi connectivity index (χ3n) is 2.22. The number of aromatic nitrogens is 1. The molecule has 78 valence electrons. The summed E-state index contributed by atoms with van der Waals surface area (Å²) >= 11 is 0. The minimum absolute atomic E-state index is 0.00929. The Morgan fingerprint density at radius 3 is 2.87 bits per heavy atom. The van der Waals surface area contributed by atoms with Gasteiger partial charge in [0.25, 0.3) is 0 Å². The molecule has 0 spiro atoms. The van der Waals surface area contributed by atoms with Crippen LogP contribution in [0.15, 0.2) is 18.3 Å². The molecule has 1 aliphatic rings. The number of anilines is 1. The molecule has 1 fully saturated rings. The Kier molecular flexibility index (Phi) is 2.37. The summed E-state index contributed by atoms with van der Waals surface area (Å²) in [7, 11) is 1.50. The van der Waals surface area contributed by atoms with Crippen molar-refractivity contribution in [2.45, 2.75) is 6.42 Å². The van der Waals surface area contributed by atoms with E-state index in [1.807, 2.05) is 0 Å². The number of nitrogens with zero attached hydrogens (tertiary/aromatic N) is 2. The molecule has 15 heavy (non-hydrogen) atoms. The van der Waals surface area contributed by atoms with Gasteiger partial charge >= 0.3 is 0 Å². The highest BCUT2D eigenvalue weighted by atomic mass is 16.5. The van der Waals surface area contributed by atoms with Crippen LogP contribution in [0.1, 0.15) is 6.42 Å². The largest absolute Gasteiger partial charge is 0.481 e. The van der Waals surface area contributed by atoms with Crippen molar-refractivity contribution in [3.63, 3.8) is 0 Å². The zero-order valence-corrected chi connectivity index (χ0v) is 8.27. The second-order valence-electron chi connectivity index (χ2n) is 3.25. The second-order valence-corrected chi connectivity index (χ2v) is 3.25. The Morgan fingerprint density at radius 2 is 2.27 bits per heavy atom. The highest BCUT2D eigenvalue weighted by Crippen LogP contribution is 2.22. The highest BCUT2D eigenvalue weighted by Gasteiger charge is 2.28. The molecule has 0 saturated carbocycles. The van der Waals surface area contributed by atoms with Crippen molar-refractivity contribution in [3.8, 4) is 5.88 Å². The quantitative estimate of drug-likeness (QED) is 0.657. The van der Waals surface area contributed by atoms with Crippen molar-refractivity contribution < 1.29 is 14.3 Å². The van der Waals surface area contributed by atoms with Gasteiger partial charge in [-0.3, -0.25) is 9.59 Å². The fourth-order valence-electron chi connectivity index (χ4n) is 1.50. The molecular weight excluding hydrogens is 196 g/mol. The molecule has 0 radical (unpaired) electrons. The maximum Gasteiger partial charge on any atom is 0.234 e. The van der Waals surface area contributed by atoms with Gasteiger partial charge in [0, 0.05) is 12.3 Å². The van der Waals surface area contributed by atoms with E-state index in [-0.39, 0.29) is 24.7 Å². The van der Waals surface area contributed by atoms with Crippen LogP contribution in [0, 0.1) is 0 Å². The van der Waals surface area contributed by atoms with E-state index in [1.165, 1.54) is 12.0 Å². The molecule has 1 amide bonds. The van der Waals surface area contributed by atoms with E-state index < -0.39 is 0 Å². The molecule has 5 nitrogen and oxygen atoms in total. The monoisotopic (exact) mass is 206 g/mol. The van der Waals surface area contributed by atoms with Crippen LogP contribution in [-0.2, 0) is 9.59 Å². The predicted molar refractivity (Wildman–Crippen MR) is 52.8 cm³/mol. The fourth-order valence-corrected chi connectivity index (χ4v) is 1.50. The molecule has 0 N–H and O–H groups in total. The standard InChI is InChI=1S/C10H10N2O3/c1-15-9-4-7(2-3-11-9)12-6-8(13)5-10(12)14/h2-4H,5-6H2,1H3. The summed E-state index contributed by atoms with van der Waals surface area (Å²) in [5, 5.41) is 0. The third kappa shape index (κ3) is 1.81. The lowest BCUT2D eigenvalue weighted by atomic mass is 10.3. The van der Waals surface area contributed by atoms with E-state index in [4.69, 9.17) is 4.74 Å². The summed E-state index contributed by atoms with van der Waals surface area (Å²) in [6.07, 6.45) is 1.54. The number of pyridine rings is 1. The molecule has 2 rings (SSSR count). The van der Waals surface area contributed by atoms with E-state index in [1.54, 1.807) is 18.3 Å². The first kappa shape index (κ1) is 9.64. The molecule has 5 heteroatoms. The summed E-state index contributed by atoms with van der Waals surface area (Å²) in [6.45, 7) is 0.145. The van der Waals surface area contributed by atoms with Crippen molar-refractivity contribution in [3.05, 3.63) is 18.3 Å². The van der Waals surface area contributed by atoms with Gasteiger partial charge in [-0.05, 0) is 6.07 Å². The maximum atomic E-state index is 11.4. The molecular formula is C10H10N2O3.